The van der Waals surface area contributed by atoms with Gasteiger partial charge in [0.15, 0.2) is 5.82 Å². The number of rotatable bonds is 5. The Kier molecular flexibility index (Phi) is 4.03. The first kappa shape index (κ1) is 17.3. The summed E-state index contributed by atoms with van der Waals surface area (Å²) in [5.74, 6) is 0.998. The van der Waals surface area contributed by atoms with Crippen LogP contribution in [0.5, 0.6) is 0 Å². The molecule has 9 heteroatoms. The van der Waals surface area contributed by atoms with Crippen molar-refractivity contribution in [1.29, 1.82) is 0 Å². The van der Waals surface area contributed by atoms with Crippen LogP contribution in [0, 0.1) is 24.0 Å². The highest BCUT2D eigenvalue weighted by Crippen LogP contribution is 2.37. The van der Waals surface area contributed by atoms with Crippen molar-refractivity contribution in [1.82, 2.24) is 19.9 Å². The molecule has 2 aromatic heterocycles. The fourth-order valence-electron chi connectivity index (χ4n) is 3.36. The van der Waals surface area contributed by atoms with Crippen LogP contribution in [0.15, 0.2) is 28.8 Å². The Labute approximate surface area is 155 Å². The molecule has 0 radical (unpaired) electrons. The second-order valence-electron chi connectivity index (χ2n) is 7.06. The molecular weight excluding hydrogens is 348 g/mol. The zero-order valence-electron chi connectivity index (χ0n) is 15.2. The SMILES string of the molecule is Cc1nn(Cc2ccc(-c3nc(C4(N)CCC4)no3)cc2)c(C)c1[N+](=O)[O-]. The lowest BCUT2D eigenvalue weighted by Gasteiger charge is -2.34. The van der Waals surface area contributed by atoms with Crippen molar-refractivity contribution < 1.29 is 9.45 Å². The molecule has 2 heterocycles. The van der Waals surface area contributed by atoms with Gasteiger partial charge in [-0.15, -0.1) is 0 Å². The number of hydrogen-bond acceptors (Lipinski definition) is 7. The molecule has 0 bridgehead atoms. The van der Waals surface area contributed by atoms with Gasteiger partial charge in [-0.05, 0) is 50.8 Å². The van der Waals surface area contributed by atoms with Gasteiger partial charge >= 0.3 is 5.69 Å². The molecule has 0 spiro atoms. The Morgan fingerprint density at radius 3 is 2.56 bits per heavy atom. The second-order valence-corrected chi connectivity index (χ2v) is 7.06. The number of aromatic nitrogens is 4. The minimum absolute atomic E-state index is 0.0664. The minimum atomic E-state index is -0.452. The van der Waals surface area contributed by atoms with Gasteiger partial charge in [-0.1, -0.05) is 17.3 Å². The van der Waals surface area contributed by atoms with Crippen molar-refractivity contribution in [2.75, 3.05) is 0 Å². The molecule has 2 N–H and O–H groups in total. The summed E-state index contributed by atoms with van der Waals surface area (Å²) in [5, 5.41) is 19.4. The van der Waals surface area contributed by atoms with E-state index in [0.29, 0.717) is 29.6 Å². The van der Waals surface area contributed by atoms with E-state index in [4.69, 9.17) is 10.3 Å². The summed E-state index contributed by atoms with van der Waals surface area (Å²) in [6, 6.07) is 7.61. The van der Waals surface area contributed by atoms with Gasteiger partial charge in [0.05, 0.1) is 17.0 Å². The van der Waals surface area contributed by atoms with Gasteiger partial charge < -0.3 is 10.3 Å². The molecule has 140 valence electrons. The monoisotopic (exact) mass is 368 g/mol. The van der Waals surface area contributed by atoms with Gasteiger partial charge in [0.25, 0.3) is 5.89 Å². The maximum absolute atomic E-state index is 11.1. The predicted octanol–water partition coefficient (Wildman–Crippen LogP) is 2.84. The van der Waals surface area contributed by atoms with Crippen LogP contribution >= 0.6 is 0 Å². The molecule has 1 aliphatic carbocycles. The molecule has 27 heavy (non-hydrogen) atoms. The lowest BCUT2D eigenvalue weighted by Crippen LogP contribution is -2.44. The number of benzene rings is 1. The standard InChI is InChI=1S/C18H20N6O3/c1-11-15(24(25)26)12(2)23(21-11)10-13-4-6-14(7-5-13)16-20-17(22-27-16)18(19)8-3-9-18/h4-7H,3,8-10,19H2,1-2H3. The lowest BCUT2D eigenvalue weighted by atomic mass is 9.77. The first-order valence-electron chi connectivity index (χ1n) is 8.78. The summed E-state index contributed by atoms with van der Waals surface area (Å²) in [5.41, 5.74) is 8.57. The van der Waals surface area contributed by atoms with E-state index in [0.717, 1.165) is 30.4 Å². The molecule has 1 aliphatic rings. The molecule has 9 nitrogen and oxygen atoms in total. The van der Waals surface area contributed by atoms with Crippen LogP contribution in [0.25, 0.3) is 11.5 Å². The van der Waals surface area contributed by atoms with Crippen molar-refractivity contribution in [3.05, 3.63) is 57.2 Å². The van der Waals surface area contributed by atoms with E-state index in [-0.39, 0.29) is 5.69 Å². The van der Waals surface area contributed by atoms with Crippen LogP contribution in [-0.4, -0.2) is 24.8 Å². The smallest absolute Gasteiger partial charge is 0.312 e. The van der Waals surface area contributed by atoms with Crippen LogP contribution in [0.1, 0.15) is 42.0 Å². The third-order valence-corrected chi connectivity index (χ3v) is 5.18. The van der Waals surface area contributed by atoms with E-state index in [1.807, 2.05) is 24.3 Å². The molecule has 0 amide bonds. The number of nitrogens with two attached hydrogens (primary N) is 1. The third kappa shape index (κ3) is 2.99. The van der Waals surface area contributed by atoms with Crippen molar-refractivity contribution in [2.45, 2.75) is 45.2 Å². The summed E-state index contributed by atoms with van der Waals surface area (Å²) in [6.07, 6.45) is 2.83. The molecule has 4 rings (SSSR count). The molecule has 0 aliphatic heterocycles. The zero-order valence-corrected chi connectivity index (χ0v) is 15.2. The van der Waals surface area contributed by atoms with Crippen LogP contribution in [0.4, 0.5) is 5.69 Å². The van der Waals surface area contributed by atoms with Gasteiger partial charge in [-0.3, -0.25) is 14.8 Å². The highest BCUT2D eigenvalue weighted by molar-refractivity contribution is 5.53. The third-order valence-electron chi connectivity index (χ3n) is 5.18. The molecule has 1 fully saturated rings. The number of nitro groups is 1. The van der Waals surface area contributed by atoms with Gasteiger partial charge in [-0.25, -0.2) is 0 Å². The van der Waals surface area contributed by atoms with E-state index in [1.54, 1.807) is 18.5 Å². The van der Waals surface area contributed by atoms with Gasteiger partial charge in [0, 0.05) is 5.56 Å². The molecule has 1 saturated carbocycles. The molecular formula is C18H20N6O3. The number of hydrogen-bond donors (Lipinski definition) is 1. The Hall–Kier alpha value is -3.07. The maximum Gasteiger partial charge on any atom is 0.312 e. The maximum atomic E-state index is 11.1. The minimum Gasteiger partial charge on any atom is -0.334 e. The largest absolute Gasteiger partial charge is 0.334 e. The Morgan fingerprint density at radius 1 is 1.30 bits per heavy atom. The highest BCUT2D eigenvalue weighted by Gasteiger charge is 2.39. The van der Waals surface area contributed by atoms with E-state index in [1.165, 1.54) is 0 Å². The van der Waals surface area contributed by atoms with Crippen molar-refractivity contribution in [3.63, 3.8) is 0 Å². The average molecular weight is 368 g/mol. The molecule has 0 atom stereocenters. The van der Waals surface area contributed by atoms with Gasteiger partial charge in [0.2, 0.25) is 0 Å². The predicted molar refractivity (Wildman–Crippen MR) is 96.9 cm³/mol. The van der Waals surface area contributed by atoms with Gasteiger partial charge in [-0.2, -0.15) is 10.1 Å². The lowest BCUT2D eigenvalue weighted by molar-refractivity contribution is -0.386. The molecule has 1 aromatic carbocycles. The zero-order chi connectivity index (χ0) is 19.2. The number of nitrogens with zero attached hydrogens (tertiary/aromatic N) is 5. The van der Waals surface area contributed by atoms with Crippen LogP contribution in [0.2, 0.25) is 0 Å². The van der Waals surface area contributed by atoms with Crippen molar-refractivity contribution in [3.8, 4) is 11.5 Å². The van der Waals surface area contributed by atoms with Crippen molar-refractivity contribution >= 4 is 5.69 Å². The summed E-state index contributed by atoms with van der Waals surface area (Å²) >= 11 is 0. The molecule has 0 unspecified atom stereocenters. The number of aryl methyl sites for hydroxylation is 1. The molecule has 3 aromatic rings. The highest BCUT2D eigenvalue weighted by atomic mass is 16.6. The van der Waals surface area contributed by atoms with Crippen molar-refractivity contribution in [2.24, 2.45) is 5.73 Å². The fraction of sp³-hybridized carbons (Fsp3) is 0.389. The van der Waals surface area contributed by atoms with Gasteiger partial charge in [0.1, 0.15) is 11.4 Å². The Balaban J connectivity index is 1.53. The normalized spacial score (nSPS) is 15.5. The summed E-state index contributed by atoms with van der Waals surface area (Å²) in [6.45, 7) is 3.79. The first-order valence-corrected chi connectivity index (χ1v) is 8.78. The second kappa shape index (κ2) is 6.27. The van der Waals surface area contributed by atoms with Crippen LogP contribution in [-0.2, 0) is 12.1 Å². The summed E-state index contributed by atoms with van der Waals surface area (Å²) < 4.78 is 7.00. The van der Waals surface area contributed by atoms with E-state index in [9.17, 15) is 10.1 Å². The Bertz CT molecular complexity index is 1000. The average Bonchev–Trinajstić information content (AvgIpc) is 3.19. The Morgan fingerprint density at radius 2 is 2.00 bits per heavy atom. The molecule has 0 saturated heterocycles. The first-order chi connectivity index (χ1) is 12.9. The van der Waals surface area contributed by atoms with E-state index in [2.05, 4.69) is 15.2 Å². The quantitative estimate of drug-likeness (QED) is 0.542. The van der Waals surface area contributed by atoms with Crippen LogP contribution in [0.3, 0.4) is 0 Å². The summed E-state index contributed by atoms with van der Waals surface area (Å²) in [4.78, 5) is 15.2. The van der Waals surface area contributed by atoms with Crippen LogP contribution < -0.4 is 5.73 Å². The van der Waals surface area contributed by atoms with E-state index < -0.39 is 10.5 Å². The van der Waals surface area contributed by atoms with E-state index >= 15 is 0 Å². The fourth-order valence-corrected chi connectivity index (χ4v) is 3.36. The summed E-state index contributed by atoms with van der Waals surface area (Å²) in [7, 11) is 0. The topological polar surface area (TPSA) is 126 Å².